The van der Waals surface area contributed by atoms with E-state index in [1.807, 2.05) is 19.9 Å². The largest absolute Gasteiger partial charge is 0.416 e. The molecule has 3 N–H and O–H groups in total. The smallest absolute Gasteiger partial charge is 0.396 e. The number of benzene rings is 2. The lowest BCUT2D eigenvalue weighted by Gasteiger charge is -2.20. The van der Waals surface area contributed by atoms with E-state index in [0.717, 1.165) is 28.3 Å². The van der Waals surface area contributed by atoms with Crippen LogP contribution < -0.4 is 10.7 Å². The highest BCUT2D eigenvalue weighted by atomic mass is 19.4. The van der Waals surface area contributed by atoms with E-state index in [2.05, 4.69) is 0 Å². The summed E-state index contributed by atoms with van der Waals surface area (Å²) >= 11 is 0. The average molecular weight is 433 g/mol. The highest BCUT2D eigenvalue weighted by Crippen LogP contribution is 2.45. The van der Waals surface area contributed by atoms with Gasteiger partial charge in [-0.25, -0.2) is 5.84 Å². The molecule has 2 aromatic rings. The van der Waals surface area contributed by atoms with Crippen molar-refractivity contribution < 1.29 is 27.9 Å². The molecule has 9 heteroatoms. The Morgan fingerprint density at radius 2 is 1.74 bits per heavy atom. The number of aliphatic hydroxyl groups is 1. The fourth-order valence-corrected chi connectivity index (χ4v) is 3.65. The van der Waals surface area contributed by atoms with E-state index < -0.39 is 30.2 Å². The van der Waals surface area contributed by atoms with E-state index in [0.29, 0.717) is 5.69 Å². The van der Waals surface area contributed by atoms with Crippen molar-refractivity contribution in [1.82, 2.24) is 5.01 Å². The summed E-state index contributed by atoms with van der Waals surface area (Å²) in [5.41, 5.74) is 1.59. The first-order valence-corrected chi connectivity index (χ1v) is 9.49. The summed E-state index contributed by atoms with van der Waals surface area (Å²) in [4.78, 5) is 26.7. The second kappa shape index (κ2) is 8.16. The second-order valence-corrected chi connectivity index (χ2v) is 7.41. The number of carbonyl (C=O) groups is 2. The maximum absolute atomic E-state index is 13.4. The van der Waals surface area contributed by atoms with Crippen molar-refractivity contribution in [2.75, 3.05) is 11.5 Å². The molecule has 0 aliphatic carbocycles. The van der Waals surface area contributed by atoms with Crippen LogP contribution in [0.3, 0.4) is 0 Å². The molecule has 3 rings (SSSR count). The first-order chi connectivity index (χ1) is 14.5. The van der Waals surface area contributed by atoms with Crippen LogP contribution in [0.4, 0.5) is 24.5 Å². The monoisotopic (exact) mass is 433 g/mol. The van der Waals surface area contributed by atoms with Crippen molar-refractivity contribution in [2.24, 2.45) is 5.84 Å². The lowest BCUT2D eigenvalue weighted by atomic mass is 10.0. The molecule has 0 radical (unpaired) electrons. The zero-order valence-corrected chi connectivity index (χ0v) is 17.2. The van der Waals surface area contributed by atoms with Gasteiger partial charge in [0.05, 0.1) is 29.9 Å². The fraction of sp³-hybridized carbons (Fsp3) is 0.273. The number of aryl methyl sites for hydroxylation is 2. The van der Waals surface area contributed by atoms with E-state index in [1.54, 1.807) is 12.1 Å². The molecule has 0 saturated carbocycles. The molecule has 0 atom stereocenters. The third-order valence-electron chi connectivity index (χ3n) is 5.03. The number of hydrazine groups is 1. The number of hydrogen-bond donors (Lipinski definition) is 2. The van der Waals surface area contributed by atoms with Gasteiger partial charge in [-0.1, -0.05) is 12.1 Å². The highest BCUT2D eigenvalue weighted by molar-refractivity contribution is 6.35. The average Bonchev–Trinajstić information content (AvgIpc) is 2.96. The van der Waals surface area contributed by atoms with E-state index in [9.17, 15) is 22.8 Å². The van der Waals surface area contributed by atoms with Crippen LogP contribution in [0, 0.1) is 13.8 Å². The third kappa shape index (κ3) is 4.19. The number of nitrogens with two attached hydrogens (primary N) is 1. The second-order valence-electron chi connectivity index (χ2n) is 7.41. The Balaban J connectivity index is 2.25. The predicted molar refractivity (Wildman–Crippen MR) is 110 cm³/mol. The first kappa shape index (κ1) is 22.5. The Kier molecular flexibility index (Phi) is 5.93. The van der Waals surface area contributed by atoms with Crippen LogP contribution in [0.1, 0.15) is 35.6 Å². The number of nitrogens with zero attached hydrogens (tertiary/aromatic N) is 2. The highest BCUT2D eigenvalue weighted by Gasteiger charge is 2.39. The molecule has 2 amide bonds. The van der Waals surface area contributed by atoms with Gasteiger partial charge in [-0.15, -0.1) is 0 Å². The predicted octanol–water partition coefficient (Wildman–Crippen LogP) is 3.82. The van der Waals surface area contributed by atoms with Crippen molar-refractivity contribution >= 4 is 28.8 Å². The molecule has 0 bridgehead atoms. The molecule has 1 aliphatic heterocycles. The van der Waals surface area contributed by atoms with Crippen LogP contribution >= 0.6 is 0 Å². The number of rotatable bonds is 4. The lowest BCUT2D eigenvalue weighted by molar-refractivity contribution is -0.137. The van der Waals surface area contributed by atoms with Gasteiger partial charge in [0.2, 0.25) is 5.91 Å². The van der Waals surface area contributed by atoms with E-state index >= 15 is 0 Å². The van der Waals surface area contributed by atoms with E-state index in [1.165, 1.54) is 17.9 Å². The van der Waals surface area contributed by atoms with Gasteiger partial charge in [-0.2, -0.15) is 13.2 Å². The van der Waals surface area contributed by atoms with Crippen LogP contribution in [0.2, 0.25) is 0 Å². The number of carbonyl (C=O) groups excluding carboxylic acids is 2. The van der Waals surface area contributed by atoms with E-state index in [4.69, 9.17) is 10.9 Å². The summed E-state index contributed by atoms with van der Waals surface area (Å²) in [6.07, 6.45) is -4.85. The lowest BCUT2D eigenvalue weighted by Crippen LogP contribution is -2.37. The molecule has 0 aromatic heterocycles. The Hall–Kier alpha value is -3.17. The Labute approximate surface area is 177 Å². The number of amides is 2. The maximum atomic E-state index is 13.4. The molecule has 0 unspecified atom stereocenters. The van der Waals surface area contributed by atoms with Crippen molar-refractivity contribution in [3.8, 4) is 0 Å². The Morgan fingerprint density at radius 3 is 2.29 bits per heavy atom. The standard InChI is InChI=1S/C22H22F3N3O3/c1-12-8-13(2)10-16(9-12)27-18-11-15(22(23,24)25)4-5-17(18)20(21(27)31)14(3)28(26)19(30)6-7-29/h4-5,8-11,29H,6-7,26H2,1-3H3/b20-14-. The number of hydrogen-bond acceptors (Lipinski definition) is 4. The van der Waals surface area contributed by atoms with Crippen molar-refractivity contribution in [2.45, 2.75) is 33.4 Å². The molecule has 0 spiro atoms. The van der Waals surface area contributed by atoms with Gasteiger partial charge in [0, 0.05) is 16.9 Å². The van der Waals surface area contributed by atoms with Gasteiger partial charge in [0.25, 0.3) is 5.91 Å². The number of alkyl halides is 3. The molecule has 1 aliphatic rings. The SMILES string of the molecule is C/C(=C1/C(=O)N(c2cc(C)cc(C)c2)c2cc(C(F)(F)F)ccc21)N(N)C(=O)CCO. The quantitative estimate of drug-likeness (QED) is 0.332. The normalized spacial score (nSPS) is 15.2. The molecule has 164 valence electrons. The van der Waals surface area contributed by atoms with Gasteiger partial charge in [-0.05, 0) is 56.2 Å². The van der Waals surface area contributed by atoms with Crippen LogP contribution in [0.15, 0.2) is 42.1 Å². The minimum Gasteiger partial charge on any atom is -0.396 e. The molecular weight excluding hydrogens is 411 g/mol. The summed E-state index contributed by atoms with van der Waals surface area (Å²) in [5, 5.41) is 9.74. The zero-order chi connectivity index (χ0) is 23.1. The van der Waals surface area contributed by atoms with Crippen LogP contribution in [-0.4, -0.2) is 28.5 Å². The van der Waals surface area contributed by atoms with Gasteiger partial charge in [0.15, 0.2) is 0 Å². The zero-order valence-electron chi connectivity index (χ0n) is 17.2. The van der Waals surface area contributed by atoms with Gasteiger partial charge in [-0.3, -0.25) is 19.5 Å². The molecule has 6 nitrogen and oxygen atoms in total. The van der Waals surface area contributed by atoms with Gasteiger partial charge >= 0.3 is 6.18 Å². The van der Waals surface area contributed by atoms with Crippen molar-refractivity contribution in [1.29, 1.82) is 0 Å². The third-order valence-corrected chi connectivity index (χ3v) is 5.03. The molecule has 0 saturated heterocycles. The Bertz CT molecular complexity index is 1070. The summed E-state index contributed by atoms with van der Waals surface area (Å²) in [7, 11) is 0. The molecule has 0 fully saturated rings. The fourth-order valence-electron chi connectivity index (χ4n) is 3.65. The molecule has 31 heavy (non-hydrogen) atoms. The number of allylic oxidation sites excluding steroid dienone is 1. The molecule has 2 aromatic carbocycles. The van der Waals surface area contributed by atoms with Crippen molar-refractivity contribution in [3.63, 3.8) is 0 Å². The van der Waals surface area contributed by atoms with Crippen LogP contribution in [0.5, 0.6) is 0 Å². The van der Waals surface area contributed by atoms with Gasteiger partial charge in [0.1, 0.15) is 0 Å². The first-order valence-electron chi connectivity index (χ1n) is 9.49. The number of anilines is 2. The molecule has 1 heterocycles. The minimum atomic E-state index is -4.59. The summed E-state index contributed by atoms with van der Waals surface area (Å²) in [6.45, 7) is 4.65. The number of aliphatic hydroxyl groups excluding tert-OH is 1. The maximum Gasteiger partial charge on any atom is 0.416 e. The number of fused-ring (bicyclic) bond motifs is 1. The Morgan fingerprint density at radius 1 is 1.13 bits per heavy atom. The minimum absolute atomic E-state index is 0.0247. The van der Waals surface area contributed by atoms with Crippen molar-refractivity contribution in [3.05, 3.63) is 64.3 Å². The molecular formula is C22H22F3N3O3. The summed E-state index contributed by atoms with van der Waals surface area (Å²) in [6, 6.07) is 8.30. The van der Waals surface area contributed by atoms with Crippen LogP contribution in [-0.2, 0) is 15.8 Å². The number of halogens is 3. The summed E-state index contributed by atoms with van der Waals surface area (Å²) in [5.74, 6) is 4.62. The van der Waals surface area contributed by atoms with Gasteiger partial charge < -0.3 is 5.11 Å². The summed E-state index contributed by atoms with van der Waals surface area (Å²) < 4.78 is 40.1. The topological polar surface area (TPSA) is 86.9 Å². The van der Waals surface area contributed by atoms with Crippen LogP contribution in [0.25, 0.3) is 5.57 Å². The van der Waals surface area contributed by atoms with E-state index in [-0.39, 0.29) is 28.9 Å².